The molecule has 1 aliphatic carbocycles. The first-order valence-corrected chi connectivity index (χ1v) is 6.29. The van der Waals surface area contributed by atoms with Crippen LogP contribution in [0.1, 0.15) is 45.1 Å². The first-order valence-electron chi connectivity index (χ1n) is 5.50. The van der Waals surface area contributed by atoms with Crippen molar-refractivity contribution in [2.75, 3.05) is 0 Å². The van der Waals surface area contributed by atoms with Crippen molar-refractivity contribution in [2.24, 2.45) is 5.92 Å². The van der Waals surface area contributed by atoms with E-state index in [1.807, 2.05) is 6.07 Å². The molecule has 0 amide bonds. The maximum absolute atomic E-state index is 4.44. The Kier molecular flexibility index (Phi) is 3.26. The highest BCUT2D eigenvalue weighted by Crippen LogP contribution is 2.33. The molecule has 1 heterocycles. The molecule has 0 radical (unpaired) electrons. The topological polar surface area (TPSA) is 17.8 Å². The molecule has 0 bridgehead atoms. The van der Waals surface area contributed by atoms with Crippen LogP contribution >= 0.6 is 15.9 Å². The van der Waals surface area contributed by atoms with E-state index in [1.54, 1.807) is 0 Å². The zero-order valence-corrected chi connectivity index (χ0v) is 10.2. The van der Waals surface area contributed by atoms with E-state index in [2.05, 4.69) is 38.8 Å². The summed E-state index contributed by atoms with van der Waals surface area (Å²) in [7, 11) is 0. The first kappa shape index (κ1) is 10.2. The van der Waals surface area contributed by atoms with Crippen LogP contribution in [-0.4, -0.2) is 9.78 Å². The van der Waals surface area contributed by atoms with Crippen LogP contribution in [0.25, 0.3) is 0 Å². The van der Waals surface area contributed by atoms with Gasteiger partial charge in [0.2, 0.25) is 0 Å². The number of nitrogens with zero attached hydrogens (tertiary/aromatic N) is 2. The molecule has 1 aromatic rings. The minimum Gasteiger partial charge on any atom is -0.269 e. The largest absolute Gasteiger partial charge is 0.269 e. The standard InChI is InChI=1S/C11H17BrN2/c1-2-9-4-3-5-10(8-9)14-7-6-11(12)13-14/h6-7,9-10H,2-5,8H2,1H3. The molecule has 1 fully saturated rings. The summed E-state index contributed by atoms with van der Waals surface area (Å²) in [5, 5.41) is 4.44. The van der Waals surface area contributed by atoms with Crippen molar-refractivity contribution in [3.8, 4) is 0 Å². The summed E-state index contributed by atoms with van der Waals surface area (Å²) >= 11 is 3.40. The third-order valence-electron chi connectivity index (χ3n) is 3.28. The maximum atomic E-state index is 4.44. The second-order valence-electron chi connectivity index (χ2n) is 4.21. The second kappa shape index (κ2) is 4.47. The lowest BCUT2D eigenvalue weighted by atomic mass is 9.84. The minimum absolute atomic E-state index is 0.639. The van der Waals surface area contributed by atoms with Gasteiger partial charge in [-0.05, 0) is 40.8 Å². The fraction of sp³-hybridized carbons (Fsp3) is 0.727. The van der Waals surface area contributed by atoms with Crippen LogP contribution in [0, 0.1) is 5.92 Å². The molecular formula is C11H17BrN2. The van der Waals surface area contributed by atoms with Gasteiger partial charge in [-0.25, -0.2) is 0 Å². The minimum atomic E-state index is 0.639. The lowest BCUT2D eigenvalue weighted by Crippen LogP contribution is -2.19. The van der Waals surface area contributed by atoms with Crippen LogP contribution in [0.4, 0.5) is 0 Å². The molecule has 14 heavy (non-hydrogen) atoms. The van der Waals surface area contributed by atoms with E-state index in [9.17, 15) is 0 Å². The van der Waals surface area contributed by atoms with E-state index < -0.39 is 0 Å². The van der Waals surface area contributed by atoms with E-state index in [4.69, 9.17) is 0 Å². The molecule has 3 heteroatoms. The normalized spacial score (nSPS) is 27.9. The molecule has 78 valence electrons. The van der Waals surface area contributed by atoms with Crippen LogP contribution in [0.2, 0.25) is 0 Å². The van der Waals surface area contributed by atoms with Gasteiger partial charge in [0.25, 0.3) is 0 Å². The quantitative estimate of drug-likeness (QED) is 0.788. The average molecular weight is 257 g/mol. The predicted octanol–water partition coefficient (Wildman–Crippen LogP) is 3.79. The summed E-state index contributed by atoms with van der Waals surface area (Å²) in [6.45, 7) is 2.30. The summed E-state index contributed by atoms with van der Waals surface area (Å²) in [6, 6.07) is 2.66. The molecule has 2 rings (SSSR count). The van der Waals surface area contributed by atoms with Gasteiger partial charge in [-0.15, -0.1) is 0 Å². The van der Waals surface area contributed by atoms with Gasteiger partial charge in [0.05, 0.1) is 6.04 Å². The van der Waals surface area contributed by atoms with Gasteiger partial charge in [-0.3, -0.25) is 4.68 Å². The highest BCUT2D eigenvalue weighted by Gasteiger charge is 2.22. The Bertz CT molecular complexity index is 295. The van der Waals surface area contributed by atoms with Crippen LogP contribution in [0.3, 0.4) is 0 Å². The van der Waals surface area contributed by atoms with Crippen molar-refractivity contribution in [2.45, 2.75) is 45.1 Å². The van der Waals surface area contributed by atoms with Gasteiger partial charge in [0, 0.05) is 6.20 Å². The molecule has 2 nitrogen and oxygen atoms in total. The monoisotopic (exact) mass is 256 g/mol. The molecule has 0 aliphatic heterocycles. The Hall–Kier alpha value is -0.310. The molecule has 0 aromatic carbocycles. The zero-order chi connectivity index (χ0) is 9.97. The Morgan fingerprint density at radius 1 is 1.57 bits per heavy atom. The number of halogens is 1. The Morgan fingerprint density at radius 3 is 3.07 bits per heavy atom. The lowest BCUT2D eigenvalue weighted by Gasteiger charge is -2.28. The molecule has 1 saturated carbocycles. The molecule has 2 unspecified atom stereocenters. The molecule has 1 aromatic heterocycles. The number of rotatable bonds is 2. The highest BCUT2D eigenvalue weighted by molar-refractivity contribution is 9.10. The van der Waals surface area contributed by atoms with Gasteiger partial charge in [0.15, 0.2) is 0 Å². The SMILES string of the molecule is CCC1CCCC(n2ccc(Br)n2)C1. The summed E-state index contributed by atoms with van der Waals surface area (Å²) in [5.74, 6) is 0.914. The highest BCUT2D eigenvalue weighted by atomic mass is 79.9. The zero-order valence-electron chi connectivity index (χ0n) is 8.62. The van der Waals surface area contributed by atoms with E-state index in [-0.39, 0.29) is 0 Å². The van der Waals surface area contributed by atoms with Crippen molar-refractivity contribution in [3.05, 3.63) is 16.9 Å². The third-order valence-corrected chi connectivity index (χ3v) is 3.71. The van der Waals surface area contributed by atoms with Gasteiger partial charge in [-0.2, -0.15) is 5.10 Å². The van der Waals surface area contributed by atoms with Gasteiger partial charge < -0.3 is 0 Å². The molecule has 0 N–H and O–H groups in total. The third kappa shape index (κ3) is 2.19. The van der Waals surface area contributed by atoms with Crippen molar-refractivity contribution in [3.63, 3.8) is 0 Å². The van der Waals surface area contributed by atoms with Crippen molar-refractivity contribution < 1.29 is 0 Å². The average Bonchev–Trinajstić information content (AvgIpc) is 2.65. The fourth-order valence-corrected chi connectivity index (χ4v) is 2.69. The van der Waals surface area contributed by atoms with Gasteiger partial charge in [-0.1, -0.05) is 26.2 Å². The van der Waals surface area contributed by atoms with E-state index in [0.29, 0.717) is 6.04 Å². The van der Waals surface area contributed by atoms with Gasteiger partial charge in [0.1, 0.15) is 4.60 Å². The summed E-state index contributed by atoms with van der Waals surface area (Å²) in [6.07, 6.45) is 8.79. The fourth-order valence-electron chi connectivity index (χ4n) is 2.39. The molecule has 2 atom stereocenters. The van der Waals surface area contributed by atoms with Crippen LogP contribution in [0.5, 0.6) is 0 Å². The smallest absolute Gasteiger partial charge is 0.128 e. The number of aromatic nitrogens is 2. The molecule has 1 aliphatic rings. The number of hydrogen-bond acceptors (Lipinski definition) is 1. The van der Waals surface area contributed by atoms with Crippen molar-refractivity contribution in [1.29, 1.82) is 0 Å². The summed E-state index contributed by atoms with van der Waals surface area (Å²) < 4.78 is 3.09. The van der Waals surface area contributed by atoms with Crippen molar-refractivity contribution in [1.82, 2.24) is 9.78 Å². The Balaban J connectivity index is 2.04. The van der Waals surface area contributed by atoms with E-state index in [0.717, 1.165) is 10.5 Å². The van der Waals surface area contributed by atoms with Crippen molar-refractivity contribution >= 4 is 15.9 Å². The second-order valence-corrected chi connectivity index (χ2v) is 5.03. The lowest BCUT2D eigenvalue weighted by molar-refractivity contribution is 0.247. The maximum Gasteiger partial charge on any atom is 0.128 e. The predicted molar refractivity (Wildman–Crippen MR) is 61.2 cm³/mol. The summed E-state index contributed by atoms with van der Waals surface area (Å²) in [4.78, 5) is 0. The summed E-state index contributed by atoms with van der Waals surface area (Å²) in [5.41, 5.74) is 0. The molecule has 0 spiro atoms. The molecule has 0 saturated heterocycles. The Labute approximate surface area is 93.8 Å². The van der Waals surface area contributed by atoms with Crippen LogP contribution in [0.15, 0.2) is 16.9 Å². The van der Waals surface area contributed by atoms with Gasteiger partial charge >= 0.3 is 0 Å². The molecular weight excluding hydrogens is 240 g/mol. The van der Waals surface area contributed by atoms with E-state index >= 15 is 0 Å². The van der Waals surface area contributed by atoms with E-state index in [1.165, 1.54) is 32.1 Å². The van der Waals surface area contributed by atoms with Crippen LogP contribution < -0.4 is 0 Å². The number of hydrogen-bond donors (Lipinski definition) is 0. The van der Waals surface area contributed by atoms with Crippen LogP contribution in [-0.2, 0) is 0 Å². The first-order chi connectivity index (χ1) is 6.79. The Morgan fingerprint density at radius 2 is 2.43 bits per heavy atom.